The van der Waals surface area contributed by atoms with E-state index in [0.29, 0.717) is 26.4 Å². The highest BCUT2D eigenvalue weighted by Crippen LogP contribution is 2.32. The number of anilines is 1. The Hall–Kier alpha value is -2.46. The lowest BCUT2D eigenvalue weighted by molar-refractivity contribution is 0.102. The van der Waals surface area contributed by atoms with E-state index in [0.717, 1.165) is 9.87 Å². The van der Waals surface area contributed by atoms with Crippen LogP contribution < -0.4 is 10.1 Å². The highest BCUT2D eigenvalue weighted by molar-refractivity contribution is 7.89. The second kappa shape index (κ2) is 8.73. The maximum atomic E-state index is 12.9. The zero-order valence-corrected chi connectivity index (χ0v) is 19.2. The number of amides is 1. The molecule has 0 atom stereocenters. The summed E-state index contributed by atoms with van der Waals surface area (Å²) in [6, 6.07) is 11.5. The van der Waals surface area contributed by atoms with E-state index in [-0.39, 0.29) is 10.6 Å². The maximum absolute atomic E-state index is 12.9. The number of hydrogen-bond acceptors (Lipinski definition) is 6. The molecule has 7 nitrogen and oxygen atoms in total. The van der Waals surface area contributed by atoms with Crippen molar-refractivity contribution in [2.45, 2.75) is 11.8 Å². The summed E-state index contributed by atoms with van der Waals surface area (Å²) in [5, 5.41) is 3.99. The number of carbonyl (C=O) groups is 1. The Balaban J connectivity index is 1.94. The smallest absolute Gasteiger partial charge is 0.267 e. The van der Waals surface area contributed by atoms with Crippen LogP contribution in [0.2, 0.25) is 5.02 Å². The first-order chi connectivity index (χ1) is 14.1. The van der Waals surface area contributed by atoms with Crippen LogP contribution in [0.1, 0.15) is 15.4 Å². The summed E-state index contributed by atoms with van der Waals surface area (Å²) < 4.78 is 31.3. The van der Waals surface area contributed by atoms with Crippen LogP contribution in [0.3, 0.4) is 0 Å². The summed E-state index contributed by atoms with van der Waals surface area (Å²) in [6.45, 7) is 1.74. The first-order valence-electron chi connectivity index (χ1n) is 8.78. The molecule has 1 amide bonds. The van der Waals surface area contributed by atoms with Gasteiger partial charge < -0.3 is 10.1 Å². The van der Waals surface area contributed by atoms with Crippen LogP contribution in [0.15, 0.2) is 47.4 Å². The Morgan fingerprint density at radius 2 is 1.93 bits per heavy atom. The maximum Gasteiger partial charge on any atom is 0.267 e. The van der Waals surface area contributed by atoms with Gasteiger partial charge in [0.05, 0.1) is 23.4 Å². The molecule has 0 aliphatic rings. The van der Waals surface area contributed by atoms with Crippen LogP contribution in [0, 0.1) is 6.92 Å². The number of aryl methyl sites for hydroxylation is 1. The fourth-order valence-electron chi connectivity index (χ4n) is 2.69. The van der Waals surface area contributed by atoms with E-state index in [9.17, 15) is 13.2 Å². The van der Waals surface area contributed by atoms with Gasteiger partial charge in [-0.2, -0.15) is 0 Å². The lowest BCUT2D eigenvalue weighted by Gasteiger charge is -2.15. The van der Waals surface area contributed by atoms with Gasteiger partial charge in [-0.3, -0.25) is 4.79 Å². The number of thiazole rings is 1. The number of halogens is 1. The summed E-state index contributed by atoms with van der Waals surface area (Å²) in [7, 11) is 0.661. The van der Waals surface area contributed by atoms with Crippen molar-refractivity contribution in [3.8, 4) is 16.3 Å². The van der Waals surface area contributed by atoms with Crippen LogP contribution in [-0.4, -0.2) is 44.8 Å². The summed E-state index contributed by atoms with van der Waals surface area (Å²) in [5.41, 5.74) is 1.62. The number of rotatable bonds is 6. The standard InChI is InChI=1S/C20H20ClN3O4S2/c1-12-18(29-20(22-12)13-6-5-7-14(21)10-13)19(25)23-16-11-15(8-9-17(16)28-4)30(26,27)24(2)3/h5-11H,1-4H3,(H,23,25). The first-order valence-corrected chi connectivity index (χ1v) is 11.4. The van der Waals surface area contributed by atoms with Gasteiger partial charge >= 0.3 is 0 Å². The lowest BCUT2D eigenvalue weighted by atomic mass is 10.2. The van der Waals surface area contributed by atoms with Crippen LogP contribution >= 0.6 is 22.9 Å². The molecule has 0 saturated carbocycles. The second-order valence-electron chi connectivity index (χ2n) is 6.55. The molecular formula is C20H20ClN3O4S2. The summed E-state index contributed by atoms with van der Waals surface area (Å²) in [6.07, 6.45) is 0. The Labute approximate surface area is 184 Å². The first kappa shape index (κ1) is 22.2. The monoisotopic (exact) mass is 465 g/mol. The molecule has 0 aliphatic heterocycles. The van der Waals surface area contributed by atoms with E-state index in [1.807, 2.05) is 12.1 Å². The van der Waals surface area contributed by atoms with E-state index in [1.54, 1.807) is 19.1 Å². The second-order valence-corrected chi connectivity index (χ2v) is 10.1. The van der Waals surface area contributed by atoms with Gasteiger partial charge in [-0.1, -0.05) is 23.7 Å². The summed E-state index contributed by atoms with van der Waals surface area (Å²) >= 11 is 7.28. The van der Waals surface area contributed by atoms with Gasteiger partial charge in [0.2, 0.25) is 10.0 Å². The molecule has 10 heteroatoms. The van der Waals surface area contributed by atoms with Crippen LogP contribution in [-0.2, 0) is 10.0 Å². The summed E-state index contributed by atoms with van der Waals surface area (Å²) in [4.78, 5) is 17.9. The van der Waals surface area contributed by atoms with Crippen molar-refractivity contribution < 1.29 is 17.9 Å². The average molecular weight is 466 g/mol. The van der Waals surface area contributed by atoms with Crippen molar-refractivity contribution in [1.82, 2.24) is 9.29 Å². The van der Waals surface area contributed by atoms with Gasteiger partial charge in [0.25, 0.3) is 5.91 Å². The number of nitrogens with zero attached hydrogens (tertiary/aromatic N) is 2. The van der Waals surface area contributed by atoms with E-state index < -0.39 is 15.9 Å². The molecule has 0 aliphatic carbocycles. The molecule has 0 bridgehead atoms. The molecule has 1 heterocycles. The average Bonchev–Trinajstić information content (AvgIpc) is 3.09. The van der Waals surface area contributed by atoms with E-state index in [1.165, 1.54) is 50.7 Å². The van der Waals surface area contributed by atoms with Crippen molar-refractivity contribution in [2.75, 3.05) is 26.5 Å². The van der Waals surface area contributed by atoms with Gasteiger partial charge in [0.1, 0.15) is 15.6 Å². The zero-order chi connectivity index (χ0) is 22.1. The molecule has 3 rings (SSSR count). The van der Waals surface area contributed by atoms with Crippen molar-refractivity contribution >= 4 is 44.6 Å². The van der Waals surface area contributed by atoms with Crippen LogP contribution in [0.4, 0.5) is 5.69 Å². The van der Waals surface area contributed by atoms with Crippen molar-refractivity contribution in [1.29, 1.82) is 0 Å². The van der Waals surface area contributed by atoms with Gasteiger partial charge in [0.15, 0.2) is 0 Å². The fourth-order valence-corrected chi connectivity index (χ4v) is 4.76. The third kappa shape index (κ3) is 4.49. The van der Waals surface area contributed by atoms with Gasteiger partial charge in [-0.05, 0) is 37.3 Å². The fraction of sp³-hybridized carbons (Fsp3) is 0.200. The van der Waals surface area contributed by atoms with Gasteiger partial charge in [-0.25, -0.2) is 17.7 Å². The summed E-state index contributed by atoms with van der Waals surface area (Å²) in [5.74, 6) is -0.0609. The number of sulfonamides is 1. The zero-order valence-electron chi connectivity index (χ0n) is 16.8. The molecule has 158 valence electrons. The molecule has 0 spiro atoms. The van der Waals surface area contributed by atoms with Crippen LogP contribution in [0.5, 0.6) is 5.75 Å². The Bertz CT molecular complexity index is 1210. The van der Waals surface area contributed by atoms with Gasteiger partial charge in [0, 0.05) is 24.7 Å². The molecule has 2 aromatic carbocycles. The quantitative estimate of drug-likeness (QED) is 0.586. The molecule has 1 aromatic heterocycles. The molecule has 30 heavy (non-hydrogen) atoms. The molecule has 1 N–H and O–H groups in total. The topological polar surface area (TPSA) is 88.6 Å². The minimum atomic E-state index is -3.66. The predicted octanol–water partition coefficient (Wildman–Crippen LogP) is 4.28. The minimum absolute atomic E-state index is 0.0456. The Kier molecular flexibility index (Phi) is 6.47. The van der Waals surface area contributed by atoms with Crippen LogP contribution in [0.25, 0.3) is 10.6 Å². The number of carbonyl (C=O) groups excluding carboxylic acids is 1. The number of methoxy groups -OCH3 is 1. The Morgan fingerprint density at radius 1 is 1.20 bits per heavy atom. The highest BCUT2D eigenvalue weighted by atomic mass is 35.5. The largest absolute Gasteiger partial charge is 0.495 e. The number of hydrogen-bond donors (Lipinski definition) is 1. The Morgan fingerprint density at radius 3 is 2.57 bits per heavy atom. The minimum Gasteiger partial charge on any atom is -0.495 e. The van der Waals surface area contributed by atoms with Crippen molar-refractivity contribution in [2.24, 2.45) is 0 Å². The molecule has 0 unspecified atom stereocenters. The van der Waals surface area contributed by atoms with E-state index in [2.05, 4.69) is 10.3 Å². The van der Waals surface area contributed by atoms with Gasteiger partial charge in [-0.15, -0.1) is 11.3 Å². The third-order valence-corrected chi connectivity index (χ3v) is 7.52. The normalized spacial score (nSPS) is 11.5. The SMILES string of the molecule is COc1ccc(S(=O)(=O)N(C)C)cc1NC(=O)c1sc(-c2cccc(Cl)c2)nc1C. The molecule has 0 saturated heterocycles. The molecule has 0 fully saturated rings. The third-order valence-electron chi connectivity index (χ3n) is 4.27. The van der Waals surface area contributed by atoms with E-state index in [4.69, 9.17) is 16.3 Å². The predicted molar refractivity (Wildman–Crippen MR) is 119 cm³/mol. The number of ether oxygens (including phenoxy) is 1. The molecule has 3 aromatic rings. The van der Waals surface area contributed by atoms with E-state index >= 15 is 0 Å². The lowest BCUT2D eigenvalue weighted by Crippen LogP contribution is -2.22. The number of aromatic nitrogens is 1. The number of nitrogens with one attached hydrogen (secondary N) is 1. The van der Waals surface area contributed by atoms with Crippen molar-refractivity contribution in [3.63, 3.8) is 0 Å². The highest BCUT2D eigenvalue weighted by Gasteiger charge is 2.22. The molecular weight excluding hydrogens is 446 g/mol. The number of benzene rings is 2. The molecule has 0 radical (unpaired) electrons. The van der Waals surface area contributed by atoms with Crippen molar-refractivity contribution in [3.05, 3.63) is 58.1 Å².